The second kappa shape index (κ2) is 6.86. The van der Waals surface area contributed by atoms with Gasteiger partial charge in [-0.2, -0.15) is 0 Å². The van der Waals surface area contributed by atoms with Gasteiger partial charge in [-0.15, -0.1) is 0 Å². The van der Waals surface area contributed by atoms with Crippen molar-refractivity contribution in [3.05, 3.63) is 59.1 Å². The van der Waals surface area contributed by atoms with Gasteiger partial charge in [0.2, 0.25) is 0 Å². The smallest absolute Gasteiger partial charge is 0.344 e. The fourth-order valence-electron chi connectivity index (χ4n) is 1.40. The summed E-state index contributed by atoms with van der Waals surface area (Å²) in [6.45, 7) is -0.300. The molecule has 1 heterocycles. The lowest BCUT2D eigenvalue weighted by Crippen LogP contribution is -2.15. The highest BCUT2D eigenvalue weighted by Crippen LogP contribution is 2.15. The minimum absolute atomic E-state index is 0.0117. The summed E-state index contributed by atoms with van der Waals surface area (Å²) in [5.74, 6) is -1.11. The van der Waals surface area contributed by atoms with Crippen LogP contribution in [-0.2, 0) is 16.1 Å². The largest absolute Gasteiger partial charge is 0.479 e. The third-order valence-electron chi connectivity index (χ3n) is 2.37. The minimum atomic E-state index is -0.594. The number of hydrogen-bond acceptors (Lipinski definition) is 4. The fourth-order valence-corrected chi connectivity index (χ4v) is 1.51. The molecule has 0 atom stereocenters. The molecule has 0 saturated carbocycles. The summed E-state index contributed by atoms with van der Waals surface area (Å²) in [5, 5.41) is 0.364. The standard InChI is InChI=1S/C14H11ClFNO3/c15-13-6-5-10(7-17-13)8-20-14(18)9-19-12-4-2-1-3-11(12)16/h1-7H,8-9H2. The Morgan fingerprint density at radius 3 is 2.75 bits per heavy atom. The average Bonchev–Trinajstić information content (AvgIpc) is 2.46. The zero-order valence-electron chi connectivity index (χ0n) is 10.4. The van der Waals surface area contributed by atoms with Gasteiger partial charge in [0, 0.05) is 11.8 Å². The van der Waals surface area contributed by atoms with Gasteiger partial charge in [-0.3, -0.25) is 0 Å². The summed E-state index contributed by atoms with van der Waals surface area (Å²) in [6, 6.07) is 9.13. The third-order valence-corrected chi connectivity index (χ3v) is 2.59. The molecular weight excluding hydrogens is 285 g/mol. The third kappa shape index (κ3) is 4.20. The first kappa shape index (κ1) is 14.3. The van der Waals surface area contributed by atoms with Crippen LogP contribution in [0.2, 0.25) is 5.15 Å². The van der Waals surface area contributed by atoms with Crippen LogP contribution in [0.15, 0.2) is 42.6 Å². The first-order valence-corrected chi connectivity index (χ1v) is 6.16. The Balaban J connectivity index is 1.78. The van der Waals surface area contributed by atoms with Crippen LogP contribution in [0.5, 0.6) is 5.75 Å². The second-order valence-electron chi connectivity index (χ2n) is 3.87. The zero-order valence-corrected chi connectivity index (χ0v) is 11.1. The number of hydrogen-bond donors (Lipinski definition) is 0. The molecule has 0 fully saturated rings. The van der Waals surface area contributed by atoms with Gasteiger partial charge in [0.05, 0.1) is 0 Å². The van der Waals surface area contributed by atoms with E-state index in [1.54, 1.807) is 18.2 Å². The molecule has 2 rings (SSSR count). The molecule has 0 aliphatic heterocycles. The maximum Gasteiger partial charge on any atom is 0.344 e. The normalized spacial score (nSPS) is 10.1. The second-order valence-corrected chi connectivity index (χ2v) is 4.26. The lowest BCUT2D eigenvalue weighted by molar-refractivity contribution is -0.147. The Morgan fingerprint density at radius 1 is 1.25 bits per heavy atom. The van der Waals surface area contributed by atoms with Gasteiger partial charge in [0.1, 0.15) is 11.8 Å². The van der Waals surface area contributed by atoms with Gasteiger partial charge in [-0.25, -0.2) is 14.2 Å². The Morgan fingerprint density at radius 2 is 2.05 bits per heavy atom. The minimum Gasteiger partial charge on any atom is -0.479 e. The van der Waals surface area contributed by atoms with E-state index < -0.39 is 11.8 Å². The Labute approximate surface area is 120 Å². The molecule has 0 spiro atoms. The van der Waals surface area contributed by atoms with E-state index in [9.17, 15) is 9.18 Å². The highest BCUT2D eigenvalue weighted by atomic mass is 35.5. The number of halogens is 2. The van der Waals surface area contributed by atoms with Crippen molar-refractivity contribution in [2.24, 2.45) is 0 Å². The van der Waals surface area contributed by atoms with Crippen LogP contribution in [0.3, 0.4) is 0 Å². The molecule has 4 nitrogen and oxygen atoms in total. The highest BCUT2D eigenvalue weighted by molar-refractivity contribution is 6.29. The Kier molecular flexibility index (Phi) is 4.90. The van der Waals surface area contributed by atoms with Gasteiger partial charge in [0.15, 0.2) is 18.2 Å². The maximum atomic E-state index is 13.2. The number of esters is 1. The molecule has 0 unspecified atom stereocenters. The van der Waals surface area contributed by atoms with Crippen molar-refractivity contribution in [3.63, 3.8) is 0 Å². The van der Waals surface area contributed by atoms with Gasteiger partial charge < -0.3 is 9.47 Å². The summed E-state index contributed by atoms with van der Waals surface area (Å²) in [7, 11) is 0. The molecule has 0 amide bonds. The summed E-state index contributed by atoms with van der Waals surface area (Å²) < 4.78 is 23.2. The topological polar surface area (TPSA) is 48.4 Å². The molecule has 0 aliphatic rings. The van der Waals surface area contributed by atoms with E-state index in [1.807, 2.05) is 0 Å². The van der Waals surface area contributed by atoms with Crippen molar-refractivity contribution in [3.8, 4) is 5.75 Å². The molecule has 104 valence electrons. The van der Waals surface area contributed by atoms with E-state index in [0.29, 0.717) is 10.7 Å². The highest BCUT2D eigenvalue weighted by Gasteiger charge is 2.07. The summed E-state index contributed by atoms with van der Waals surface area (Å²) in [4.78, 5) is 15.3. The zero-order chi connectivity index (χ0) is 14.4. The van der Waals surface area contributed by atoms with Gasteiger partial charge in [-0.1, -0.05) is 29.8 Å². The van der Waals surface area contributed by atoms with Crippen molar-refractivity contribution in [1.82, 2.24) is 4.98 Å². The van der Waals surface area contributed by atoms with Crippen molar-refractivity contribution >= 4 is 17.6 Å². The number of benzene rings is 1. The Bertz CT molecular complexity index is 589. The van der Waals surface area contributed by atoms with Crippen molar-refractivity contribution in [2.45, 2.75) is 6.61 Å². The molecule has 1 aromatic carbocycles. The van der Waals surface area contributed by atoms with Crippen LogP contribution in [0, 0.1) is 5.82 Å². The molecule has 2 aromatic rings. The molecular formula is C14H11ClFNO3. The average molecular weight is 296 g/mol. The van der Waals surface area contributed by atoms with E-state index in [-0.39, 0.29) is 19.0 Å². The number of ether oxygens (including phenoxy) is 2. The monoisotopic (exact) mass is 295 g/mol. The number of para-hydroxylation sites is 1. The number of carbonyl (C=O) groups is 1. The summed E-state index contributed by atoms with van der Waals surface area (Å²) >= 11 is 5.63. The van der Waals surface area contributed by atoms with Crippen LogP contribution < -0.4 is 4.74 Å². The van der Waals surface area contributed by atoms with Crippen LogP contribution in [-0.4, -0.2) is 17.6 Å². The predicted octanol–water partition coefficient (Wildman–Crippen LogP) is 3.00. The van der Waals surface area contributed by atoms with Gasteiger partial charge in [0.25, 0.3) is 0 Å². The maximum absolute atomic E-state index is 13.2. The van der Waals surface area contributed by atoms with E-state index in [0.717, 1.165) is 0 Å². The first-order valence-electron chi connectivity index (χ1n) is 5.78. The van der Waals surface area contributed by atoms with Crippen molar-refractivity contribution < 1.29 is 18.7 Å². The molecule has 0 N–H and O–H groups in total. The van der Waals surface area contributed by atoms with E-state index in [2.05, 4.69) is 4.98 Å². The van der Waals surface area contributed by atoms with Gasteiger partial charge >= 0.3 is 5.97 Å². The van der Waals surface area contributed by atoms with E-state index in [1.165, 1.54) is 24.4 Å². The van der Waals surface area contributed by atoms with E-state index >= 15 is 0 Å². The lowest BCUT2D eigenvalue weighted by Gasteiger charge is -2.07. The van der Waals surface area contributed by atoms with E-state index in [4.69, 9.17) is 21.1 Å². The predicted molar refractivity (Wildman–Crippen MR) is 70.9 cm³/mol. The number of aromatic nitrogens is 1. The number of carbonyl (C=O) groups excluding carboxylic acids is 1. The molecule has 0 aliphatic carbocycles. The molecule has 1 aromatic heterocycles. The van der Waals surface area contributed by atoms with Crippen molar-refractivity contribution in [2.75, 3.05) is 6.61 Å². The summed E-state index contributed by atoms with van der Waals surface area (Å²) in [5.41, 5.74) is 0.702. The van der Waals surface area contributed by atoms with Crippen LogP contribution >= 0.6 is 11.6 Å². The summed E-state index contributed by atoms with van der Waals surface area (Å²) in [6.07, 6.45) is 1.51. The Hall–Kier alpha value is -2.14. The molecule has 0 radical (unpaired) electrons. The van der Waals surface area contributed by atoms with Gasteiger partial charge in [-0.05, 0) is 18.2 Å². The number of rotatable bonds is 5. The number of pyridine rings is 1. The first-order chi connectivity index (χ1) is 9.65. The quantitative estimate of drug-likeness (QED) is 0.628. The molecule has 0 saturated heterocycles. The van der Waals surface area contributed by atoms with Crippen LogP contribution in [0.25, 0.3) is 0 Å². The van der Waals surface area contributed by atoms with Crippen LogP contribution in [0.4, 0.5) is 4.39 Å². The van der Waals surface area contributed by atoms with Crippen LogP contribution in [0.1, 0.15) is 5.56 Å². The lowest BCUT2D eigenvalue weighted by atomic mass is 10.3. The number of nitrogens with zero attached hydrogens (tertiary/aromatic N) is 1. The SMILES string of the molecule is O=C(COc1ccccc1F)OCc1ccc(Cl)nc1. The molecule has 20 heavy (non-hydrogen) atoms. The molecule has 6 heteroatoms. The van der Waals surface area contributed by atoms with Crippen molar-refractivity contribution in [1.29, 1.82) is 0 Å². The fraction of sp³-hybridized carbons (Fsp3) is 0.143. The molecule has 0 bridgehead atoms.